The van der Waals surface area contributed by atoms with Crippen molar-refractivity contribution >= 4 is 20.1 Å². The van der Waals surface area contributed by atoms with E-state index in [2.05, 4.69) is 5.10 Å². The van der Waals surface area contributed by atoms with E-state index in [0.717, 1.165) is 10.9 Å². The maximum absolute atomic E-state index is 11.9. The predicted octanol–water partition coefficient (Wildman–Crippen LogP) is -0.543. The number of alkyl halides is 6. The van der Waals surface area contributed by atoms with Gasteiger partial charge in [0.1, 0.15) is 0 Å². The zero-order valence-corrected chi connectivity index (χ0v) is 11.3. The summed E-state index contributed by atoms with van der Waals surface area (Å²) in [7, 11) is -10.1. The molecule has 1 aromatic heterocycles. The van der Waals surface area contributed by atoms with Crippen LogP contribution in [0.25, 0.3) is 0 Å². The first-order valence-electron chi connectivity index (χ1n) is 4.24. The molecule has 1 rings (SSSR count). The van der Waals surface area contributed by atoms with E-state index in [-0.39, 0.29) is 4.09 Å². The Morgan fingerprint density at radius 1 is 1.05 bits per heavy atom. The predicted molar refractivity (Wildman–Crippen MR) is 49.5 cm³/mol. The summed E-state index contributed by atoms with van der Waals surface area (Å²) in [6, 6.07) is 0. The fraction of sp³-hybridized carbons (Fsp3) is 0.600. The zero-order valence-electron chi connectivity index (χ0n) is 9.62. The highest BCUT2D eigenvalue weighted by Crippen LogP contribution is 2.21. The van der Waals surface area contributed by atoms with Crippen molar-refractivity contribution in [3.63, 3.8) is 0 Å². The summed E-state index contributed by atoms with van der Waals surface area (Å²) in [6.07, 6.45) is 1.66. The smallest absolute Gasteiger partial charge is 0.539 e. The molecular weight excluding hydrogens is 360 g/mol. The Morgan fingerprint density at radius 3 is 1.62 bits per heavy atom. The fourth-order valence-electron chi connectivity index (χ4n) is 0.578. The molecule has 0 saturated carbocycles. The normalized spacial score (nSPS) is 13.5. The summed E-state index contributed by atoms with van der Waals surface area (Å²) < 4.78 is 117. The van der Waals surface area contributed by atoms with Gasteiger partial charge in [0.15, 0.2) is 10.1 Å². The third-order valence-electron chi connectivity index (χ3n) is 1.45. The highest BCUT2D eigenvalue weighted by atomic mass is 32.2. The van der Waals surface area contributed by atoms with Crippen molar-refractivity contribution in [1.82, 2.24) is 9.67 Å². The molecule has 0 aliphatic carbocycles. The van der Waals surface area contributed by atoms with E-state index in [1.807, 2.05) is 0 Å². The first-order valence-corrected chi connectivity index (χ1v) is 7.09. The number of aromatic nitrogens is 3. The van der Waals surface area contributed by atoms with E-state index in [9.17, 15) is 34.8 Å². The van der Waals surface area contributed by atoms with E-state index < -0.39 is 31.2 Å². The highest BCUT2D eigenvalue weighted by Gasteiger charge is 2.52. The number of nitrogens with zero attached hydrogens (tertiary/aromatic N) is 3. The van der Waals surface area contributed by atoms with Crippen LogP contribution in [0.5, 0.6) is 0 Å². The molecule has 0 aromatic carbocycles. The van der Waals surface area contributed by atoms with Crippen LogP contribution in [0.2, 0.25) is 0 Å². The minimum Gasteiger partial charge on any atom is -0.741 e. The molecule has 16 heteroatoms. The zero-order chi connectivity index (χ0) is 17.3. The Bertz CT molecular complexity index is 687. The average molecular weight is 365 g/mol. The van der Waals surface area contributed by atoms with E-state index in [1.165, 1.54) is 7.05 Å². The molecule has 1 heterocycles. The van der Waals surface area contributed by atoms with E-state index in [0.29, 0.717) is 6.33 Å². The SMILES string of the molecule is Cn1cn[n+](S(=O)(=O)C(F)(F)F)c1.O=S(=O)([O-])C(F)(F)F. The van der Waals surface area contributed by atoms with Gasteiger partial charge in [-0.15, -0.1) is 0 Å². The molecule has 0 amide bonds. The maximum Gasteiger partial charge on any atom is 0.539 e. The summed E-state index contributed by atoms with van der Waals surface area (Å²) >= 11 is 0. The van der Waals surface area contributed by atoms with Crippen LogP contribution in [0.1, 0.15) is 0 Å². The summed E-state index contributed by atoms with van der Waals surface area (Å²) in [5, 5.41) is 3.03. The van der Waals surface area contributed by atoms with Gasteiger partial charge in [0, 0.05) is 0 Å². The van der Waals surface area contributed by atoms with E-state index >= 15 is 0 Å². The maximum atomic E-state index is 11.9. The number of hydrogen-bond donors (Lipinski definition) is 0. The van der Waals surface area contributed by atoms with Gasteiger partial charge in [-0.2, -0.15) is 34.8 Å². The van der Waals surface area contributed by atoms with Crippen LogP contribution in [-0.4, -0.2) is 42.1 Å². The van der Waals surface area contributed by atoms with Gasteiger partial charge in [-0.1, -0.05) is 0 Å². The Kier molecular flexibility index (Phi) is 5.37. The summed E-state index contributed by atoms with van der Waals surface area (Å²) in [5.74, 6) is 0. The quantitative estimate of drug-likeness (QED) is 0.286. The van der Waals surface area contributed by atoms with Crippen molar-refractivity contribution < 1.29 is 51.8 Å². The van der Waals surface area contributed by atoms with E-state index in [1.54, 1.807) is 0 Å². The van der Waals surface area contributed by atoms with Crippen LogP contribution in [0.4, 0.5) is 26.3 Å². The minimum absolute atomic E-state index is 0.132. The lowest BCUT2D eigenvalue weighted by Crippen LogP contribution is -2.51. The Balaban J connectivity index is 0.000000433. The molecule has 0 unspecified atom stereocenters. The van der Waals surface area contributed by atoms with Crippen LogP contribution in [0.3, 0.4) is 0 Å². The van der Waals surface area contributed by atoms with Crippen LogP contribution < -0.4 is 4.09 Å². The second kappa shape index (κ2) is 5.76. The van der Waals surface area contributed by atoms with Crippen molar-refractivity contribution in [3.8, 4) is 0 Å². The molecule has 0 saturated heterocycles. The van der Waals surface area contributed by atoms with Crippen molar-refractivity contribution in [2.75, 3.05) is 0 Å². The van der Waals surface area contributed by atoms with Gasteiger partial charge in [-0.25, -0.2) is 13.0 Å². The van der Waals surface area contributed by atoms with Crippen molar-refractivity contribution in [2.45, 2.75) is 11.0 Å². The first kappa shape index (κ1) is 19.6. The number of aryl methyl sites for hydroxylation is 1. The standard InChI is InChI=1S/C4H5F3N3O2S.CHF3O3S/c1-9-2-8-10(3-9)13(11,12)4(5,6)7;2-1(3,4)8(5,6)7/h2-3H,1H3;(H,5,6,7)/q+1;/p-1. The Morgan fingerprint density at radius 2 is 1.43 bits per heavy atom. The van der Waals surface area contributed by atoms with Crippen molar-refractivity contribution in [2.24, 2.45) is 7.05 Å². The van der Waals surface area contributed by atoms with Crippen molar-refractivity contribution in [1.29, 1.82) is 0 Å². The van der Waals surface area contributed by atoms with E-state index in [4.69, 9.17) is 13.0 Å². The number of halogens is 6. The molecule has 8 nitrogen and oxygen atoms in total. The van der Waals surface area contributed by atoms with Gasteiger partial charge in [-0.05, 0) is 9.19 Å². The lowest BCUT2D eigenvalue weighted by atomic mass is 11.1. The monoisotopic (exact) mass is 365 g/mol. The van der Waals surface area contributed by atoms with Crippen LogP contribution >= 0.6 is 0 Å². The van der Waals surface area contributed by atoms with Gasteiger partial charge >= 0.3 is 21.0 Å². The second-order valence-electron chi connectivity index (χ2n) is 3.14. The number of hydrogen-bond acceptors (Lipinski definition) is 6. The summed E-state index contributed by atoms with van der Waals surface area (Å²) in [6.45, 7) is 0. The number of rotatable bonds is 1. The summed E-state index contributed by atoms with van der Waals surface area (Å²) in [5.41, 5.74) is -11.0. The molecule has 1 aromatic rings. The molecule has 0 atom stereocenters. The Labute approximate surface area is 113 Å². The van der Waals surface area contributed by atoms with Gasteiger partial charge in [0.25, 0.3) is 6.33 Å². The van der Waals surface area contributed by atoms with Crippen molar-refractivity contribution in [3.05, 3.63) is 12.7 Å². The lowest BCUT2D eigenvalue weighted by molar-refractivity contribution is -0.583. The van der Waals surface area contributed by atoms with Crippen LogP contribution in [-0.2, 0) is 27.2 Å². The third kappa shape index (κ3) is 5.12. The minimum atomic E-state index is -6.09. The molecule has 124 valence electrons. The molecule has 0 fully saturated rings. The lowest BCUT2D eigenvalue weighted by Gasteiger charge is -2.08. The van der Waals surface area contributed by atoms with Gasteiger partial charge < -0.3 is 4.55 Å². The molecule has 0 radical (unpaired) electrons. The molecule has 0 N–H and O–H groups in total. The largest absolute Gasteiger partial charge is 0.741 e. The molecule has 0 aliphatic heterocycles. The summed E-state index contributed by atoms with van der Waals surface area (Å²) in [4.78, 5) is 0. The molecular formula is C5H5F6N3O5S2. The average Bonchev–Trinajstić information content (AvgIpc) is 2.61. The molecule has 21 heavy (non-hydrogen) atoms. The third-order valence-corrected chi connectivity index (χ3v) is 3.28. The Hall–Kier alpha value is -1.42. The van der Waals surface area contributed by atoms with Gasteiger partial charge in [-0.3, -0.25) is 0 Å². The van der Waals surface area contributed by atoms with Gasteiger partial charge in [0.05, 0.1) is 7.05 Å². The molecule has 0 aliphatic rings. The van der Waals surface area contributed by atoms with Crippen LogP contribution in [0, 0.1) is 0 Å². The van der Waals surface area contributed by atoms with Gasteiger partial charge in [0.2, 0.25) is 6.33 Å². The van der Waals surface area contributed by atoms with Crippen LogP contribution in [0.15, 0.2) is 12.7 Å². The highest BCUT2D eigenvalue weighted by molar-refractivity contribution is 7.86. The second-order valence-corrected chi connectivity index (χ2v) is 6.29. The topological polar surface area (TPSA) is 113 Å². The molecule has 0 bridgehead atoms. The molecule has 0 spiro atoms. The first-order chi connectivity index (χ1) is 9.00. The fourth-order valence-corrected chi connectivity index (χ4v) is 1.23.